The predicted octanol–water partition coefficient (Wildman–Crippen LogP) is 4.14. The zero-order chi connectivity index (χ0) is 17.9. The molecule has 0 aromatic carbocycles. The Bertz CT molecular complexity index is 1050. The molecule has 0 unspecified atom stereocenters. The number of hydrogen-bond donors (Lipinski definition) is 0. The Morgan fingerprint density at radius 1 is 1.40 bits per heavy atom. The molecular formula is C19H23N3O2S. The van der Waals surface area contributed by atoms with Crippen molar-refractivity contribution in [2.24, 2.45) is 0 Å². The van der Waals surface area contributed by atoms with Crippen LogP contribution in [0.15, 0.2) is 10.9 Å². The van der Waals surface area contributed by atoms with Crippen molar-refractivity contribution in [2.45, 2.75) is 65.7 Å². The van der Waals surface area contributed by atoms with Crippen LogP contribution in [0.5, 0.6) is 0 Å². The van der Waals surface area contributed by atoms with Crippen molar-refractivity contribution in [3.8, 4) is 0 Å². The van der Waals surface area contributed by atoms with Crippen LogP contribution in [-0.2, 0) is 17.8 Å². The monoisotopic (exact) mass is 357 g/mol. The smallest absolute Gasteiger partial charge is 0.271 e. The third-order valence-electron chi connectivity index (χ3n) is 5.10. The van der Waals surface area contributed by atoms with Gasteiger partial charge in [-0.15, -0.1) is 11.3 Å². The van der Waals surface area contributed by atoms with Gasteiger partial charge in [0.1, 0.15) is 15.4 Å². The maximum Gasteiger partial charge on any atom is 0.271 e. The summed E-state index contributed by atoms with van der Waals surface area (Å²) in [5, 5.41) is 0.971. The Balaban J connectivity index is 2.00. The molecule has 1 atom stereocenters. The summed E-state index contributed by atoms with van der Waals surface area (Å²) >= 11 is 1.46. The lowest BCUT2D eigenvalue weighted by Gasteiger charge is -2.30. The second-order valence-corrected chi connectivity index (χ2v) is 8.54. The SMILES string of the molecule is CC[C@@H](C)n1c(C)nc2c(sc3nc4c(cc32)COC(C)(C)C4)c1=O. The van der Waals surface area contributed by atoms with E-state index in [0.717, 1.165) is 45.7 Å². The number of ether oxygens (including phenoxy) is 1. The molecule has 1 aliphatic rings. The average Bonchev–Trinajstić information content (AvgIpc) is 2.89. The molecule has 0 amide bonds. The number of thiophene rings is 1. The standard InChI is InChI=1S/C19H23N3O2S/c1-6-10(2)22-11(3)20-15-13-7-12-9-24-19(4,5)8-14(12)21-17(13)25-16(15)18(22)23/h7,10H,6,8-9H2,1-5H3/t10-/m1/s1. The topological polar surface area (TPSA) is 57.0 Å². The van der Waals surface area contributed by atoms with Gasteiger partial charge in [-0.2, -0.15) is 0 Å². The van der Waals surface area contributed by atoms with Gasteiger partial charge >= 0.3 is 0 Å². The van der Waals surface area contributed by atoms with Crippen molar-refractivity contribution in [2.75, 3.05) is 0 Å². The molecule has 0 saturated carbocycles. The van der Waals surface area contributed by atoms with E-state index >= 15 is 0 Å². The van der Waals surface area contributed by atoms with Crippen molar-refractivity contribution in [1.82, 2.24) is 14.5 Å². The maximum atomic E-state index is 13.0. The molecule has 0 radical (unpaired) electrons. The van der Waals surface area contributed by atoms with Gasteiger partial charge in [0, 0.05) is 23.4 Å². The van der Waals surface area contributed by atoms with E-state index in [4.69, 9.17) is 14.7 Å². The maximum absolute atomic E-state index is 13.0. The Morgan fingerprint density at radius 2 is 2.16 bits per heavy atom. The molecule has 25 heavy (non-hydrogen) atoms. The van der Waals surface area contributed by atoms with Gasteiger partial charge in [-0.1, -0.05) is 6.92 Å². The number of hydrogen-bond acceptors (Lipinski definition) is 5. The van der Waals surface area contributed by atoms with E-state index in [1.165, 1.54) is 11.3 Å². The quantitative estimate of drug-likeness (QED) is 0.692. The van der Waals surface area contributed by atoms with Crippen LogP contribution in [-0.4, -0.2) is 20.1 Å². The summed E-state index contributed by atoms with van der Waals surface area (Å²) in [7, 11) is 0. The molecule has 3 aromatic rings. The van der Waals surface area contributed by atoms with Crippen LogP contribution in [0.3, 0.4) is 0 Å². The highest BCUT2D eigenvalue weighted by atomic mass is 32.1. The molecule has 4 rings (SSSR count). The lowest BCUT2D eigenvalue weighted by Crippen LogP contribution is -2.32. The number of aryl methyl sites for hydroxylation is 1. The third-order valence-corrected chi connectivity index (χ3v) is 6.18. The minimum absolute atomic E-state index is 0.0504. The first kappa shape index (κ1) is 16.7. The molecule has 132 valence electrons. The number of fused-ring (bicyclic) bond motifs is 4. The summed E-state index contributed by atoms with van der Waals surface area (Å²) < 4.78 is 8.43. The van der Waals surface area contributed by atoms with Crippen LogP contribution >= 0.6 is 11.3 Å². The Labute approximate surface area is 150 Å². The van der Waals surface area contributed by atoms with E-state index < -0.39 is 0 Å². The van der Waals surface area contributed by atoms with Crippen LogP contribution in [0.1, 0.15) is 57.2 Å². The van der Waals surface area contributed by atoms with Crippen molar-refractivity contribution in [1.29, 1.82) is 0 Å². The van der Waals surface area contributed by atoms with E-state index in [1.54, 1.807) is 0 Å². The lowest BCUT2D eigenvalue weighted by molar-refractivity contribution is -0.0411. The minimum atomic E-state index is -0.192. The molecule has 1 aliphatic heterocycles. The predicted molar refractivity (Wildman–Crippen MR) is 101 cm³/mol. The lowest BCUT2D eigenvalue weighted by atomic mass is 9.95. The van der Waals surface area contributed by atoms with Gasteiger partial charge < -0.3 is 4.74 Å². The van der Waals surface area contributed by atoms with Crippen LogP contribution in [0.2, 0.25) is 0 Å². The molecule has 6 heteroatoms. The summed E-state index contributed by atoms with van der Waals surface area (Å²) in [6, 6.07) is 2.26. The fraction of sp³-hybridized carbons (Fsp3) is 0.526. The summed E-state index contributed by atoms with van der Waals surface area (Å²) in [4.78, 5) is 23.6. The largest absolute Gasteiger partial charge is 0.370 e. The number of aromatic nitrogens is 3. The first-order valence-corrected chi connectivity index (χ1v) is 9.60. The van der Waals surface area contributed by atoms with Crippen LogP contribution in [0, 0.1) is 6.92 Å². The highest BCUT2D eigenvalue weighted by Gasteiger charge is 2.28. The molecule has 4 heterocycles. The zero-order valence-electron chi connectivity index (χ0n) is 15.3. The number of rotatable bonds is 2. The zero-order valence-corrected chi connectivity index (χ0v) is 16.2. The molecule has 0 N–H and O–H groups in total. The molecule has 5 nitrogen and oxygen atoms in total. The molecule has 0 fully saturated rings. The van der Waals surface area contributed by atoms with Crippen molar-refractivity contribution in [3.63, 3.8) is 0 Å². The normalized spacial score (nSPS) is 17.8. The Morgan fingerprint density at radius 3 is 2.88 bits per heavy atom. The summed E-state index contributed by atoms with van der Waals surface area (Å²) in [6.45, 7) is 10.8. The van der Waals surface area contributed by atoms with Gasteiger partial charge in [0.15, 0.2) is 0 Å². The van der Waals surface area contributed by atoms with Crippen LogP contribution in [0.4, 0.5) is 0 Å². The molecule has 0 aliphatic carbocycles. The fourth-order valence-corrected chi connectivity index (χ4v) is 4.58. The second kappa shape index (κ2) is 5.61. The number of nitrogens with zero attached hydrogens (tertiary/aromatic N) is 3. The van der Waals surface area contributed by atoms with E-state index in [-0.39, 0.29) is 17.2 Å². The molecule has 0 bridgehead atoms. The Hall–Kier alpha value is -1.79. The third kappa shape index (κ3) is 2.59. The van der Waals surface area contributed by atoms with Gasteiger partial charge in [0.25, 0.3) is 5.56 Å². The van der Waals surface area contributed by atoms with E-state index in [1.807, 2.05) is 11.5 Å². The van der Waals surface area contributed by atoms with E-state index in [9.17, 15) is 4.79 Å². The first-order valence-electron chi connectivity index (χ1n) is 8.79. The van der Waals surface area contributed by atoms with Crippen molar-refractivity contribution >= 4 is 31.8 Å². The highest BCUT2D eigenvalue weighted by Crippen LogP contribution is 2.35. The van der Waals surface area contributed by atoms with Gasteiger partial charge in [0.05, 0.1) is 23.4 Å². The number of pyridine rings is 1. The second-order valence-electron chi connectivity index (χ2n) is 7.54. The van der Waals surface area contributed by atoms with Crippen LogP contribution < -0.4 is 5.56 Å². The minimum Gasteiger partial charge on any atom is -0.370 e. The summed E-state index contributed by atoms with van der Waals surface area (Å²) in [5.74, 6) is 0.765. The molecule has 3 aromatic heterocycles. The molecule has 0 saturated heterocycles. The van der Waals surface area contributed by atoms with Gasteiger partial charge in [-0.3, -0.25) is 9.36 Å². The van der Waals surface area contributed by atoms with E-state index in [2.05, 4.69) is 33.8 Å². The Kier molecular flexibility index (Phi) is 3.74. The van der Waals surface area contributed by atoms with Gasteiger partial charge in [-0.25, -0.2) is 9.97 Å². The summed E-state index contributed by atoms with van der Waals surface area (Å²) in [5.41, 5.74) is 2.82. The average molecular weight is 357 g/mol. The summed E-state index contributed by atoms with van der Waals surface area (Å²) in [6.07, 6.45) is 1.69. The van der Waals surface area contributed by atoms with Gasteiger partial charge in [0.2, 0.25) is 0 Å². The van der Waals surface area contributed by atoms with Crippen molar-refractivity contribution in [3.05, 3.63) is 33.5 Å². The van der Waals surface area contributed by atoms with Crippen molar-refractivity contribution < 1.29 is 4.74 Å². The van der Waals surface area contributed by atoms with E-state index in [0.29, 0.717) is 11.3 Å². The molecular weight excluding hydrogens is 334 g/mol. The van der Waals surface area contributed by atoms with Crippen LogP contribution in [0.25, 0.3) is 20.4 Å². The first-order chi connectivity index (χ1) is 11.8. The fourth-order valence-electron chi connectivity index (χ4n) is 3.52. The van der Waals surface area contributed by atoms with Gasteiger partial charge in [-0.05, 0) is 40.2 Å². The molecule has 0 spiro atoms. The highest BCUT2D eigenvalue weighted by molar-refractivity contribution is 7.25.